The fraction of sp³-hybridized carbons (Fsp3) is 0.211. The third-order valence-electron chi connectivity index (χ3n) is 3.89. The Morgan fingerprint density at radius 1 is 1.08 bits per heavy atom. The lowest BCUT2D eigenvalue weighted by molar-refractivity contribution is -0.120. The van der Waals surface area contributed by atoms with E-state index in [9.17, 15) is 9.18 Å². The fourth-order valence-corrected chi connectivity index (χ4v) is 3.38. The van der Waals surface area contributed by atoms with Gasteiger partial charge in [-0.25, -0.2) is 14.4 Å². The van der Waals surface area contributed by atoms with Crippen molar-refractivity contribution in [3.05, 3.63) is 66.2 Å². The summed E-state index contributed by atoms with van der Waals surface area (Å²) in [7, 11) is 0. The van der Waals surface area contributed by atoms with Crippen LogP contribution in [0.15, 0.2) is 59.9 Å². The summed E-state index contributed by atoms with van der Waals surface area (Å²) in [4.78, 5) is 21.0. The fourth-order valence-electron chi connectivity index (χ4n) is 2.46. The van der Waals surface area contributed by atoms with Crippen molar-refractivity contribution in [3.63, 3.8) is 0 Å². The number of carbonyl (C=O) groups is 1. The molecule has 1 amide bonds. The summed E-state index contributed by atoms with van der Waals surface area (Å²) in [5, 5.41) is 4.35. The van der Waals surface area contributed by atoms with Crippen LogP contribution in [0.25, 0.3) is 10.9 Å². The SMILES string of the molecule is C[C@H](NC(=O)[C@@H](C)Sc1ncnc2ccccc12)c1ccc(F)cc1. The number of carbonyl (C=O) groups excluding carboxylic acids is 1. The van der Waals surface area contributed by atoms with Crippen molar-refractivity contribution in [2.24, 2.45) is 0 Å². The molecule has 0 spiro atoms. The topological polar surface area (TPSA) is 54.9 Å². The number of rotatable bonds is 5. The van der Waals surface area contributed by atoms with Crippen LogP contribution in [0.4, 0.5) is 4.39 Å². The second-order valence-corrected chi connectivity index (χ2v) is 7.07. The highest BCUT2D eigenvalue weighted by Crippen LogP contribution is 2.28. The number of nitrogens with one attached hydrogen (secondary N) is 1. The summed E-state index contributed by atoms with van der Waals surface area (Å²) >= 11 is 1.40. The van der Waals surface area contributed by atoms with Gasteiger partial charge >= 0.3 is 0 Å². The molecule has 3 rings (SSSR count). The minimum atomic E-state index is -0.318. The van der Waals surface area contributed by atoms with Crippen LogP contribution >= 0.6 is 11.8 Å². The van der Waals surface area contributed by atoms with Gasteiger partial charge in [0.2, 0.25) is 5.91 Å². The summed E-state index contributed by atoms with van der Waals surface area (Å²) in [5.41, 5.74) is 1.71. The minimum absolute atomic E-state index is 0.0930. The average Bonchev–Trinajstić information content (AvgIpc) is 2.62. The average molecular weight is 355 g/mol. The molecule has 2 aromatic carbocycles. The third-order valence-corrected chi connectivity index (χ3v) is 5.01. The number of aromatic nitrogens is 2. The molecular formula is C19H18FN3OS. The van der Waals surface area contributed by atoms with Crippen molar-refractivity contribution < 1.29 is 9.18 Å². The van der Waals surface area contributed by atoms with Crippen LogP contribution in [0.2, 0.25) is 0 Å². The Labute approximate surface area is 149 Å². The number of benzene rings is 2. The lowest BCUT2D eigenvalue weighted by Crippen LogP contribution is -2.33. The first-order valence-corrected chi connectivity index (χ1v) is 8.85. The van der Waals surface area contributed by atoms with Gasteiger partial charge in [-0.05, 0) is 37.6 Å². The van der Waals surface area contributed by atoms with E-state index in [1.165, 1.54) is 30.2 Å². The zero-order valence-electron chi connectivity index (χ0n) is 13.9. The van der Waals surface area contributed by atoms with E-state index in [2.05, 4.69) is 15.3 Å². The minimum Gasteiger partial charge on any atom is -0.349 e. The quantitative estimate of drug-likeness (QED) is 0.552. The van der Waals surface area contributed by atoms with E-state index in [1.807, 2.05) is 38.1 Å². The molecule has 0 aliphatic carbocycles. The van der Waals surface area contributed by atoms with Crippen molar-refractivity contribution in [1.82, 2.24) is 15.3 Å². The Balaban J connectivity index is 1.69. The smallest absolute Gasteiger partial charge is 0.233 e. The monoisotopic (exact) mass is 355 g/mol. The number of nitrogens with zero attached hydrogens (tertiary/aromatic N) is 2. The van der Waals surface area contributed by atoms with Crippen molar-refractivity contribution in [3.8, 4) is 0 Å². The number of fused-ring (bicyclic) bond motifs is 1. The number of thioether (sulfide) groups is 1. The second kappa shape index (κ2) is 7.61. The Morgan fingerprint density at radius 3 is 2.56 bits per heavy atom. The summed E-state index contributed by atoms with van der Waals surface area (Å²) in [6.07, 6.45) is 1.51. The maximum Gasteiger partial charge on any atom is 0.233 e. The van der Waals surface area contributed by atoms with Crippen molar-refractivity contribution >= 4 is 28.6 Å². The van der Waals surface area contributed by atoms with Crippen LogP contribution < -0.4 is 5.32 Å². The van der Waals surface area contributed by atoms with Gasteiger partial charge in [0.25, 0.3) is 0 Å². The first-order valence-electron chi connectivity index (χ1n) is 7.97. The highest BCUT2D eigenvalue weighted by molar-refractivity contribution is 8.00. The first kappa shape index (κ1) is 17.4. The third kappa shape index (κ3) is 4.14. The zero-order valence-corrected chi connectivity index (χ0v) is 14.8. The molecule has 4 nitrogen and oxygen atoms in total. The molecule has 25 heavy (non-hydrogen) atoms. The standard InChI is InChI=1S/C19H18FN3OS/c1-12(14-7-9-15(20)10-8-14)23-18(24)13(2)25-19-16-5-3-4-6-17(16)21-11-22-19/h3-13H,1-2H3,(H,23,24)/t12-,13+/m0/s1. The molecular weight excluding hydrogens is 337 g/mol. The van der Waals surface area contributed by atoms with Gasteiger partial charge < -0.3 is 5.32 Å². The van der Waals surface area contributed by atoms with Gasteiger partial charge in [0.15, 0.2) is 0 Å². The molecule has 1 N–H and O–H groups in total. The lowest BCUT2D eigenvalue weighted by atomic mass is 10.1. The van der Waals surface area contributed by atoms with Gasteiger partial charge in [-0.15, -0.1) is 0 Å². The number of para-hydroxylation sites is 1. The molecule has 0 aliphatic rings. The molecule has 0 saturated carbocycles. The van der Waals surface area contributed by atoms with Crippen LogP contribution in [-0.4, -0.2) is 21.1 Å². The molecule has 0 saturated heterocycles. The van der Waals surface area contributed by atoms with Crippen molar-refractivity contribution in [2.75, 3.05) is 0 Å². The van der Waals surface area contributed by atoms with Crippen molar-refractivity contribution in [2.45, 2.75) is 30.2 Å². The van der Waals surface area contributed by atoms with E-state index >= 15 is 0 Å². The number of hydrogen-bond donors (Lipinski definition) is 1. The molecule has 3 aromatic rings. The molecule has 1 heterocycles. The van der Waals surface area contributed by atoms with Gasteiger partial charge in [0.1, 0.15) is 17.2 Å². The molecule has 6 heteroatoms. The molecule has 0 aliphatic heterocycles. The molecule has 0 radical (unpaired) electrons. The van der Waals surface area contributed by atoms with E-state index in [0.717, 1.165) is 21.5 Å². The lowest BCUT2D eigenvalue weighted by Gasteiger charge is -2.18. The van der Waals surface area contributed by atoms with E-state index in [4.69, 9.17) is 0 Å². The highest BCUT2D eigenvalue weighted by atomic mass is 32.2. The molecule has 0 unspecified atom stereocenters. The number of amides is 1. The largest absolute Gasteiger partial charge is 0.349 e. The molecule has 0 fully saturated rings. The van der Waals surface area contributed by atoms with Crippen LogP contribution in [0.3, 0.4) is 0 Å². The summed E-state index contributed by atoms with van der Waals surface area (Å²) in [6, 6.07) is 13.7. The van der Waals surface area contributed by atoms with E-state index in [0.29, 0.717) is 0 Å². The van der Waals surface area contributed by atoms with Crippen LogP contribution in [-0.2, 0) is 4.79 Å². The van der Waals surface area contributed by atoms with Crippen LogP contribution in [0, 0.1) is 5.82 Å². The Morgan fingerprint density at radius 2 is 1.80 bits per heavy atom. The molecule has 1 aromatic heterocycles. The predicted molar refractivity (Wildman–Crippen MR) is 97.8 cm³/mol. The Kier molecular flexibility index (Phi) is 5.28. The van der Waals surface area contributed by atoms with Gasteiger partial charge in [-0.2, -0.15) is 0 Å². The Bertz CT molecular complexity index is 880. The van der Waals surface area contributed by atoms with Gasteiger partial charge in [0, 0.05) is 5.39 Å². The predicted octanol–water partition coefficient (Wildman–Crippen LogP) is 4.13. The van der Waals surface area contributed by atoms with Crippen molar-refractivity contribution in [1.29, 1.82) is 0 Å². The van der Waals surface area contributed by atoms with E-state index < -0.39 is 0 Å². The summed E-state index contributed by atoms with van der Waals surface area (Å²) in [5.74, 6) is -0.383. The first-order chi connectivity index (χ1) is 12.0. The van der Waals surface area contributed by atoms with Crippen LogP contribution in [0.1, 0.15) is 25.5 Å². The number of halogens is 1. The molecule has 128 valence electrons. The second-order valence-electron chi connectivity index (χ2n) is 5.74. The van der Waals surface area contributed by atoms with E-state index in [-0.39, 0.29) is 23.0 Å². The molecule has 0 bridgehead atoms. The highest BCUT2D eigenvalue weighted by Gasteiger charge is 2.19. The van der Waals surface area contributed by atoms with Gasteiger partial charge in [0.05, 0.1) is 16.8 Å². The summed E-state index contributed by atoms with van der Waals surface area (Å²) < 4.78 is 13.0. The maximum atomic E-state index is 13.0. The zero-order chi connectivity index (χ0) is 17.8. The maximum absolute atomic E-state index is 13.0. The summed E-state index contributed by atoms with van der Waals surface area (Å²) in [6.45, 7) is 3.72. The molecule has 2 atom stereocenters. The van der Waals surface area contributed by atoms with Crippen LogP contribution in [0.5, 0.6) is 0 Å². The number of hydrogen-bond acceptors (Lipinski definition) is 4. The Hall–Kier alpha value is -2.47. The normalized spacial score (nSPS) is 13.4. The van der Waals surface area contributed by atoms with Gasteiger partial charge in [-0.3, -0.25) is 4.79 Å². The van der Waals surface area contributed by atoms with E-state index in [1.54, 1.807) is 12.1 Å². The van der Waals surface area contributed by atoms with Gasteiger partial charge in [-0.1, -0.05) is 42.1 Å².